The maximum atomic E-state index is 12.1. The van der Waals surface area contributed by atoms with Crippen LogP contribution in [0.1, 0.15) is 30.1 Å². The van der Waals surface area contributed by atoms with Crippen molar-refractivity contribution in [2.75, 3.05) is 19.7 Å². The van der Waals surface area contributed by atoms with Gasteiger partial charge in [0.1, 0.15) is 5.75 Å². The molecule has 1 aliphatic heterocycles. The Morgan fingerprint density at radius 3 is 2.29 bits per heavy atom. The Hall–Kier alpha value is -2.25. The van der Waals surface area contributed by atoms with Crippen molar-refractivity contribution in [1.82, 2.24) is 4.90 Å². The molecule has 0 aliphatic carbocycles. The molecule has 0 saturated carbocycles. The van der Waals surface area contributed by atoms with E-state index >= 15 is 0 Å². The van der Waals surface area contributed by atoms with E-state index in [1.54, 1.807) is 4.90 Å². The molecule has 0 bridgehead atoms. The zero-order valence-corrected chi connectivity index (χ0v) is 13.1. The third-order valence-electron chi connectivity index (χ3n) is 3.79. The third-order valence-corrected chi connectivity index (χ3v) is 3.79. The Morgan fingerprint density at radius 1 is 1.17 bits per heavy atom. The molecule has 0 radical (unpaired) electrons. The van der Waals surface area contributed by atoms with E-state index in [-0.39, 0.29) is 18.1 Å². The van der Waals surface area contributed by atoms with Gasteiger partial charge in [-0.05, 0) is 43.0 Å². The van der Waals surface area contributed by atoms with E-state index in [9.17, 15) is 22.8 Å². The van der Waals surface area contributed by atoms with Crippen molar-refractivity contribution in [3.63, 3.8) is 0 Å². The Morgan fingerprint density at radius 2 is 1.75 bits per heavy atom. The molecular formula is C16H18F3NO4. The lowest BCUT2D eigenvalue weighted by molar-refractivity contribution is -0.274. The van der Waals surface area contributed by atoms with Crippen LogP contribution in [0.4, 0.5) is 13.2 Å². The summed E-state index contributed by atoms with van der Waals surface area (Å²) >= 11 is 0. The first kappa shape index (κ1) is 18.1. The smallest absolute Gasteiger partial charge is 0.452 e. The van der Waals surface area contributed by atoms with Crippen LogP contribution in [0.15, 0.2) is 24.3 Å². The molecule has 1 aliphatic rings. The van der Waals surface area contributed by atoms with Gasteiger partial charge < -0.3 is 14.4 Å². The second kappa shape index (κ2) is 7.55. The quantitative estimate of drug-likeness (QED) is 0.787. The molecule has 132 valence electrons. The van der Waals surface area contributed by atoms with E-state index in [0.29, 0.717) is 19.0 Å². The van der Waals surface area contributed by atoms with Gasteiger partial charge in [-0.3, -0.25) is 4.79 Å². The number of piperidine rings is 1. The molecular weight excluding hydrogens is 327 g/mol. The number of ether oxygens (including phenoxy) is 2. The van der Waals surface area contributed by atoms with Crippen LogP contribution in [0.25, 0.3) is 0 Å². The largest absolute Gasteiger partial charge is 0.573 e. The SMILES string of the molecule is CC1CCN(C(=O)COC(=O)c2ccc(OC(F)(F)F)cc2)CC1. The first-order valence-corrected chi connectivity index (χ1v) is 7.55. The number of rotatable bonds is 4. The average Bonchev–Trinajstić information content (AvgIpc) is 2.52. The number of carbonyl (C=O) groups excluding carboxylic acids is 2. The third kappa shape index (κ3) is 5.43. The van der Waals surface area contributed by atoms with Gasteiger partial charge in [-0.25, -0.2) is 4.79 Å². The fourth-order valence-corrected chi connectivity index (χ4v) is 2.35. The van der Waals surface area contributed by atoms with Crippen molar-refractivity contribution in [3.05, 3.63) is 29.8 Å². The molecule has 8 heteroatoms. The van der Waals surface area contributed by atoms with Crippen molar-refractivity contribution < 1.29 is 32.2 Å². The molecule has 0 atom stereocenters. The molecule has 1 fully saturated rings. The number of hydrogen-bond acceptors (Lipinski definition) is 4. The Bertz CT molecular complexity index is 578. The number of nitrogens with zero attached hydrogens (tertiary/aromatic N) is 1. The summed E-state index contributed by atoms with van der Waals surface area (Å²) in [7, 11) is 0. The van der Waals surface area contributed by atoms with Gasteiger partial charge in [0.25, 0.3) is 5.91 Å². The molecule has 0 spiro atoms. The minimum absolute atomic E-state index is 0.0459. The number of esters is 1. The lowest BCUT2D eigenvalue weighted by Gasteiger charge is -2.30. The number of halogens is 3. The molecule has 0 aromatic heterocycles. The molecule has 2 rings (SSSR count). The van der Waals surface area contributed by atoms with Crippen LogP contribution in [0.3, 0.4) is 0 Å². The minimum Gasteiger partial charge on any atom is -0.452 e. The van der Waals surface area contributed by atoms with Gasteiger partial charge in [0.05, 0.1) is 5.56 Å². The van der Waals surface area contributed by atoms with Crippen LogP contribution in [0.2, 0.25) is 0 Å². The van der Waals surface area contributed by atoms with E-state index in [4.69, 9.17) is 4.74 Å². The van der Waals surface area contributed by atoms with E-state index in [1.165, 1.54) is 0 Å². The van der Waals surface area contributed by atoms with E-state index < -0.39 is 18.1 Å². The monoisotopic (exact) mass is 345 g/mol. The highest BCUT2D eigenvalue weighted by Gasteiger charge is 2.31. The fourth-order valence-electron chi connectivity index (χ4n) is 2.35. The normalized spacial score (nSPS) is 15.9. The van der Waals surface area contributed by atoms with Gasteiger partial charge in [0, 0.05) is 13.1 Å². The molecule has 24 heavy (non-hydrogen) atoms. The molecule has 1 aromatic rings. The molecule has 0 unspecified atom stereocenters. The average molecular weight is 345 g/mol. The van der Waals surface area contributed by atoms with Gasteiger partial charge >= 0.3 is 12.3 Å². The van der Waals surface area contributed by atoms with Crippen molar-refractivity contribution >= 4 is 11.9 Å². The maximum absolute atomic E-state index is 12.1. The zero-order chi connectivity index (χ0) is 17.7. The summed E-state index contributed by atoms with van der Waals surface area (Å²) in [6.45, 7) is 3.02. The lowest BCUT2D eigenvalue weighted by atomic mass is 9.99. The lowest BCUT2D eigenvalue weighted by Crippen LogP contribution is -2.40. The van der Waals surface area contributed by atoms with Crippen molar-refractivity contribution in [3.8, 4) is 5.75 Å². The number of amides is 1. The van der Waals surface area contributed by atoms with Crippen LogP contribution >= 0.6 is 0 Å². The molecule has 1 amide bonds. The van der Waals surface area contributed by atoms with Gasteiger partial charge in [0.15, 0.2) is 6.61 Å². The van der Waals surface area contributed by atoms with Crippen molar-refractivity contribution in [1.29, 1.82) is 0 Å². The van der Waals surface area contributed by atoms with Crippen LogP contribution in [-0.4, -0.2) is 42.8 Å². The zero-order valence-electron chi connectivity index (χ0n) is 13.1. The molecule has 5 nitrogen and oxygen atoms in total. The number of alkyl halides is 3. The minimum atomic E-state index is -4.79. The van der Waals surface area contributed by atoms with Crippen LogP contribution < -0.4 is 4.74 Å². The van der Waals surface area contributed by atoms with Crippen molar-refractivity contribution in [2.24, 2.45) is 5.92 Å². The molecule has 1 saturated heterocycles. The second-order valence-corrected chi connectivity index (χ2v) is 5.71. The molecule has 0 N–H and O–H groups in total. The topological polar surface area (TPSA) is 55.8 Å². The summed E-state index contributed by atoms with van der Waals surface area (Å²) in [4.78, 5) is 25.4. The Balaban J connectivity index is 1.83. The highest BCUT2D eigenvalue weighted by molar-refractivity contribution is 5.91. The Kier molecular flexibility index (Phi) is 5.69. The van der Waals surface area contributed by atoms with E-state index in [2.05, 4.69) is 11.7 Å². The fraction of sp³-hybridized carbons (Fsp3) is 0.500. The van der Waals surface area contributed by atoms with Gasteiger partial charge in [-0.15, -0.1) is 13.2 Å². The summed E-state index contributed by atoms with van der Waals surface area (Å²) in [5, 5.41) is 0. The van der Waals surface area contributed by atoms with Gasteiger partial charge in [0.2, 0.25) is 0 Å². The summed E-state index contributed by atoms with van der Waals surface area (Å²) in [5.74, 6) is -0.897. The highest BCUT2D eigenvalue weighted by Crippen LogP contribution is 2.23. The molecule has 1 aromatic carbocycles. The van der Waals surface area contributed by atoms with E-state index in [1.807, 2.05) is 0 Å². The predicted molar refractivity (Wildman–Crippen MR) is 78.4 cm³/mol. The van der Waals surface area contributed by atoms with E-state index in [0.717, 1.165) is 37.1 Å². The molecule has 1 heterocycles. The second-order valence-electron chi connectivity index (χ2n) is 5.71. The van der Waals surface area contributed by atoms with Gasteiger partial charge in [-0.2, -0.15) is 0 Å². The Labute approximate surface area is 137 Å². The number of benzene rings is 1. The highest BCUT2D eigenvalue weighted by atomic mass is 19.4. The number of hydrogen-bond donors (Lipinski definition) is 0. The van der Waals surface area contributed by atoms with Crippen molar-refractivity contribution in [2.45, 2.75) is 26.1 Å². The summed E-state index contributed by atoms with van der Waals surface area (Å²) in [5.41, 5.74) is 0.0459. The standard InChI is InChI=1S/C16H18F3NO4/c1-11-6-8-20(9-7-11)14(21)10-23-15(22)12-2-4-13(5-3-12)24-16(17,18)19/h2-5,11H,6-10H2,1H3. The number of carbonyl (C=O) groups is 2. The summed E-state index contributed by atoms with van der Waals surface area (Å²) in [6.07, 6.45) is -2.96. The van der Waals surface area contributed by atoms with Gasteiger partial charge in [-0.1, -0.05) is 6.92 Å². The summed E-state index contributed by atoms with van der Waals surface area (Å²) < 4.78 is 44.8. The maximum Gasteiger partial charge on any atom is 0.573 e. The summed E-state index contributed by atoms with van der Waals surface area (Å²) in [6, 6.07) is 4.32. The van der Waals surface area contributed by atoms with Crippen LogP contribution in [0.5, 0.6) is 5.75 Å². The predicted octanol–water partition coefficient (Wildman–Crippen LogP) is 3.00. The first-order chi connectivity index (χ1) is 11.2. The van der Waals surface area contributed by atoms with Crippen LogP contribution in [0, 0.1) is 5.92 Å². The number of likely N-dealkylation sites (tertiary alicyclic amines) is 1. The first-order valence-electron chi connectivity index (χ1n) is 7.55. The van der Waals surface area contributed by atoms with Crippen LogP contribution in [-0.2, 0) is 9.53 Å².